The first kappa shape index (κ1) is 17.3. The Hall–Kier alpha value is -0.0800. The molecule has 1 aliphatic heterocycles. The highest BCUT2D eigenvalue weighted by molar-refractivity contribution is 4.92. The molecule has 0 aromatic heterocycles. The predicted molar refractivity (Wildman–Crippen MR) is 92.7 cm³/mol. The van der Waals surface area contributed by atoms with Crippen LogP contribution >= 0.6 is 0 Å². The van der Waals surface area contributed by atoms with E-state index in [-0.39, 0.29) is 5.54 Å². The van der Waals surface area contributed by atoms with Gasteiger partial charge in [-0.2, -0.15) is 0 Å². The quantitative estimate of drug-likeness (QED) is 0.831. The fraction of sp³-hybridized carbons (Fsp3) is 1.00. The molecule has 0 radical (unpaired) electrons. The van der Waals surface area contributed by atoms with E-state index in [1.54, 1.807) is 0 Å². The van der Waals surface area contributed by atoms with E-state index in [0.29, 0.717) is 5.41 Å². The summed E-state index contributed by atoms with van der Waals surface area (Å²) < 4.78 is 0. The van der Waals surface area contributed by atoms with Gasteiger partial charge in [-0.25, -0.2) is 0 Å². The van der Waals surface area contributed by atoms with E-state index in [1.807, 2.05) is 0 Å². The van der Waals surface area contributed by atoms with Gasteiger partial charge in [-0.05, 0) is 70.3 Å². The molecule has 1 aliphatic carbocycles. The fourth-order valence-electron chi connectivity index (χ4n) is 4.12. The van der Waals surface area contributed by atoms with E-state index in [4.69, 9.17) is 0 Å². The van der Waals surface area contributed by atoms with Crippen molar-refractivity contribution >= 4 is 0 Å². The largest absolute Gasteiger partial charge is 0.311 e. The van der Waals surface area contributed by atoms with E-state index in [9.17, 15) is 0 Å². The van der Waals surface area contributed by atoms with Crippen molar-refractivity contribution in [2.45, 2.75) is 78.7 Å². The summed E-state index contributed by atoms with van der Waals surface area (Å²) in [5, 5.41) is 3.82. The van der Waals surface area contributed by atoms with Gasteiger partial charge in [0.25, 0.3) is 0 Å². The monoisotopic (exact) mass is 294 g/mol. The lowest BCUT2D eigenvalue weighted by Crippen LogP contribution is -2.51. The van der Waals surface area contributed by atoms with Crippen molar-refractivity contribution < 1.29 is 0 Å². The summed E-state index contributed by atoms with van der Waals surface area (Å²) in [6.45, 7) is 16.9. The van der Waals surface area contributed by atoms with Crippen LogP contribution in [0.1, 0.15) is 73.1 Å². The Balaban J connectivity index is 1.97. The van der Waals surface area contributed by atoms with Gasteiger partial charge >= 0.3 is 0 Å². The summed E-state index contributed by atoms with van der Waals surface area (Å²) in [5.41, 5.74) is 0.766. The highest BCUT2D eigenvalue weighted by Gasteiger charge is 2.37. The summed E-state index contributed by atoms with van der Waals surface area (Å²) in [6.07, 6.45) is 8.52. The molecule has 1 heterocycles. The van der Waals surface area contributed by atoms with Gasteiger partial charge in [0.1, 0.15) is 0 Å². The average Bonchev–Trinajstić information content (AvgIpc) is 2.39. The average molecular weight is 295 g/mol. The molecule has 0 aromatic rings. The maximum atomic E-state index is 3.82. The lowest BCUT2D eigenvalue weighted by molar-refractivity contribution is 0.0596. The molecule has 2 fully saturated rings. The van der Waals surface area contributed by atoms with Crippen LogP contribution in [0.5, 0.6) is 0 Å². The van der Waals surface area contributed by atoms with Gasteiger partial charge < -0.3 is 10.2 Å². The Kier molecular flexibility index (Phi) is 5.76. The lowest BCUT2D eigenvalue weighted by Gasteiger charge is -2.46. The molecule has 2 nitrogen and oxygen atoms in total. The van der Waals surface area contributed by atoms with Crippen molar-refractivity contribution in [2.75, 3.05) is 26.2 Å². The topological polar surface area (TPSA) is 15.3 Å². The van der Waals surface area contributed by atoms with Gasteiger partial charge in [0.15, 0.2) is 0 Å². The lowest BCUT2D eigenvalue weighted by atomic mass is 9.70. The van der Waals surface area contributed by atoms with Crippen molar-refractivity contribution in [3.8, 4) is 0 Å². The van der Waals surface area contributed by atoms with Crippen molar-refractivity contribution in [1.29, 1.82) is 0 Å². The highest BCUT2D eigenvalue weighted by atomic mass is 15.1. The molecule has 0 amide bonds. The van der Waals surface area contributed by atoms with E-state index >= 15 is 0 Å². The second kappa shape index (κ2) is 7.00. The number of nitrogens with one attached hydrogen (secondary N) is 1. The number of likely N-dealkylation sites (tertiary alicyclic amines) is 1. The first-order valence-corrected chi connectivity index (χ1v) is 9.25. The van der Waals surface area contributed by atoms with Crippen LogP contribution in [0.25, 0.3) is 0 Å². The van der Waals surface area contributed by atoms with Crippen LogP contribution in [0.4, 0.5) is 0 Å². The van der Waals surface area contributed by atoms with Gasteiger partial charge in [-0.15, -0.1) is 0 Å². The zero-order valence-corrected chi connectivity index (χ0v) is 15.2. The molecule has 1 atom stereocenters. The molecule has 1 N–H and O–H groups in total. The third-order valence-corrected chi connectivity index (χ3v) is 5.63. The first-order chi connectivity index (χ1) is 9.78. The maximum Gasteiger partial charge on any atom is 0.00967 e. The third kappa shape index (κ3) is 5.56. The Morgan fingerprint density at radius 3 is 2.29 bits per heavy atom. The fourth-order valence-corrected chi connectivity index (χ4v) is 4.12. The molecule has 1 unspecified atom stereocenters. The van der Waals surface area contributed by atoms with Gasteiger partial charge in [-0.1, -0.05) is 26.7 Å². The minimum atomic E-state index is 0.241. The molecular weight excluding hydrogens is 256 g/mol. The van der Waals surface area contributed by atoms with Gasteiger partial charge in [0, 0.05) is 25.2 Å². The first-order valence-electron chi connectivity index (χ1n) is 9.25. The molecule has 2 rings (SSSR count). The van der Waals surface area contributed by atoms with Crippen LogP contribution in [0.15, 0.2) is 0 Å². The molecule has 21 heavy (non-hydrogen) atoms. The van der Waals surface area contributed by atoms with Crippen LogP contribution in [-0.4, -0.2) is 36.6 Å². The molecule has 0 bridgehead atoms. The summed E-state index contributed by atoms with van der Waals surface area (Å²) in [6, 6.07) is 0. The summed E-state index contributed by atoms with van der Waals surface area (Å²) in [5.74, 6) is 1.84. The Bertz CT molecular complexity index is 310. The highest BCUT2D eigenvalue weighted by Crippen LogP contribution is 2.40. The van der Waals surface area contributed by atoms with E-state index in [1.165, 1.54) is 64.7 Å². The van der Waals surface area contributed by atoms with Crippen molar-refractivity contribution in [2.24, 2.45) is 17.3 Å². The zero-order chi connectivity index (χ0) is 15.5. The normalized spacial score (nSPS) is 35.9. The molecule has 1 saturated heterocycles. The van der Waals surface area contributed by atoms with E-state index < -0.39 is 0 Å². The number of nitrogens with zero attached hydrogens (tertiary/aromatic N) is 1. The van der Waals surface area contributed by atoms with Crippen LogP contribution in [-0.2, 0) is 0 Å². The minimum Gasteiger partial charge on any atom is -0.311 e. The molecule has 124 valence electrons. The van der Waals surface area contributed by atoms with E-state index in [2.05, 4.69) is 44.8 Å². The van der Waals surface area contributed by atoms with Crippen LogP contribution in [0.2, 0.25) is 0 Å². The summed E-state index contributed by atoms with van der Waals surface area (Å²) in [7, 11) is 0. The van der Waals surface area contributed by atoms with Gasteiger partial charge in [0.05, 0.1) is 0 Å². The predicted octanol–water partition coefficient (Wildman–Crippen LogP) is 4.30. The Morgan fingerprint density at radius 1 is 1.05 bits per heavy atom. The van der Waals surface area contributed by atoms with Crippen molar-refractivity contribution in [3.63, 3.8) is 0 Å². The van der Waals surface area contributed by atoms with E-state index in [0.717, 1.165) is 11.8 Å². The smallest absolute Gasteiger partial charge is 0.00967 e. The molecule has 2 aliphatic rings. The van der Waals surface area contributed by atoms with Crippen LogP contribution in [0.3, 0.4) is 0 Å². The SMILES string of the molecule is CC1CCC(CNC(C)(C)C)(CN2CCCC(C)C2)CC1. The van der Waals surface area contributed by atoms with Crippen LogP contribution < -0.4 is 5.32 Å². The molecular formula is C19H38N2. The number of hydrogen-bond donors (Lipinski definition) is 1. The third-order valence-electron chi connectivity index (χ3n) is 5.63. The summed E-state index contributed by atoms with van der Waals surface area (Å²) in [4.78, 5) is 2.77. The number of hydrogen-bond acceptors (Lipinski definition) is 2. The molecule has 0 spiro atoms. The number of rotatable bonds is 4. The minimum absolute atomic E-state index is 0.241. The Morgan fingerprint density at radius 2 is 1.71 bits per heavy atom. The number of piperidine rings is 1. The zero-order valence-electron chi connectivity index (χ0n) is 15.2. The maximum absolute atomic E-state index is 3.82. The summed E-state index contributed by atoms with van der Waals surface area (Å²) >= 11 is 0. The molecule has 1 saturated carbocycles. The molecule has 0 aromatic carbocycles. The van der Waals surface area contributed by atoms with Crippen molar-refractivity contribution in [1.82, 2.24) is 10.2 Å². The van der Waals surface area contributed by atoms with Crippen molar-refractivity contribution in [3.05, 3.63) is 0 Å². The molecule has 2 heteroatoms. The Labute approximate surface area is 133 Å². The van der Waals surface area contributed by atoms with Crippen LogP contribution in [0, 0.1) is 17.3 Å². The standard InChI is InChI=1S/C19H38N2/c1-16-8-10-19(11-9-16,14-20-18(3,4)5)15-21-12-6-7-17(2)13-21/h16-17,20H,6-15H2,1-5H3. The van der Waals surface area contributed by atoms with Gasteiger partial charge in [-0.3, -0.25) is 0 Å². The second-order valence-corrected chi connectivity index (χ2v) is 9.27. The second-order valence-electron chi connectivity index (χ2n) is 9.27. The van der Waals surface area contributed by atoms with Gasteiger partial charge in [0.2, 0.25) is 0 Å².